The van der Waals surface area contributed by atoms with Gasteiger partial charge in [-0.2, -0.15) is 0 Å². The van der Waals surface area contributed by atoms with E-state index < -0.39 is 0 Å². The number of carbonyl (C=O) groups excluding carboxylic acids is 2. The summed E-state index contributed by atoms with van der Waals surface area (Å²) in [7, 11) is 1.56. The van der Waals surface area contributed by atoms with E-state index in [1.807, 2.05) is 24.0 Å². The van der Waals surface area contributed by atoms with Crippen LogP contribution in [-0.2, 0) is 16.0 Å². The molecule has 0 atom stereocenters. The van der Waals surface area contributed by atoms with E-state index in [9.17, 15) is 9.59 Å². The number of nitrogens with one attached hydrogen (secondary N) is 1. The van der Waals surface area contributed by atoms with Crippen molar-refractivity contribution < 1.29 is 19.1 Å². The molecule has 8 heteroatoms. The number of hydrogen-bond acceptors (Lipinski definition) is 5. The number of para-hydroxylation sites is 1. The summed E-state index contributed by atoms with van der Waals surface area (Å²) < 4.78 is 11.3. The summed E-state index contributed by atoms with van der Waals surface area (Å²) in [6.07, 6.45) is 5.40. The quantitative estimate of drug-likeness (QED) is 0.591. The summed E-state index contributed by atoms with van der Waals surface area (Å²) in [6, 6.07) is 13.4. The lowest BCUT2D eigenvalue weighted by Gasteiger charge is -2.43. The van der Waals surface area contributed by atoms with Crippen LogP contribution in [0.1, 0.15) is 44.6 Å². The molecule has 1 saturated heterocycles. The van der Waals surface area contributed by atoms with Gasteiger partial charge in [0, 0.05) is 12.2 Å². The first-order valence-corrected chi connectivity index (χ1v) is 13.7. The minimum atomic E-state index is -0.370. The zero-order valence-corrected chi connectivity index (χ0v) is 22.7. The highest BCUT2D eigenvalue weighted by Crippen LogP contribution is 2.39. The molecule has 37 heavy (non-hydrogen) atoms. The van der Waals surface area contributed by atoms with Gasteiger partial charge < -0.3 is 19.7 Å². The van der Waals surface area contributed by atoms with Crippen molar-refractivity contribution in [2.75, 3.05) is 51.8 Å². The molecule has 1 fully saturated rings. The van der Waals surface area contributed by atoms with Gasteiger partial charge in [0.05, 0.1) is 30.6 Å². The Hall–Kier alpha value is -2.77. The molecule has 4 rings (SSSR count). The number of ether oxygens (including phenoxy) is 2. The van der Waals surface area contributed by atoms with Crippen molar-refractivity contribution in [3.05, 3.63) is 53.1 Å². The number of rotatable bonds is 5. The molecule has 1 N–H and O–H groups in total. The maximum Gasteiger partial charge on any atom is 0.238 e. The number of hydrogen-bond donors (Lipinski definition) is 1. The van der Waals surface area contributed by atoms with Crippen molar-refractivity contribution in [3.8, 4) is 11.5 Å². The molecule has 2 aliphatic rings. The lowest BCUT2D eigenvalue weighted by Crippen LogP contribution is -2.52. The summed E-state index contributed by atoms with van der Waals surface area (Å²) in [6.45, 7) is 5.52. The van der Waals surface area contributed by atoms with Crippen LogP contribution in [0, 0.1) is 5.41 Å². The predicted octanol–water partition coefficient (Wildman–Crippen LogP) is 5.02. The van der Waals surface area contributed by atoms with E-state index in [-0.39, 0.29) is 23.8 Å². The molecule has 2 aliphatic heterocycles. The molecule has 2 aromatic rings. The number of piperidine rings is 1. The number of halogens is 1. The van der Waals surface area contributed by atoms with E-state index in [0.717, 1.165) is 57.4 Å². The normalized spacial score (nSPS) is 18.8. The number of methoxy groups -OCH3 is 1. The van der Waals surface area contributed by atoms with Crippen LogP contribution in [-0.4, -0.2) is 68.1 Å². The molecular weight excluding hydrogens is 490 g/mol. The average molecular weight is 528 g/mol. The molecule has 0 radical (unpaired) electrons. The first-order valence-electron chi connectivity index (χ1n) is 13.3. The van der Waals surface area contributed by atoms with Crippen molar-refractivity contribution in [1.82, 2.24) is 9.80 Å². The summed E-state index contributed by atoms with van der Waals surface area (Å²) in [5.74, 6) is 1.65. The molecule has 0 saturated carbocycles. The van der Waals surface area contributed by atoms with Gasteiger partial charge in [0.25, 0.3) is 0 Å². The van der Waals surface area contributed by atoms with Gasteiger partial charge >= 0.3 is 0 Å². The van der Waals surface area contributed by atoms with Crippen molar-refractivity contribution in [1.29, 1.82) is 0 Å². The Labute approximate surface area is 225 Å². The molecular formula is C29H38ClN3O4. The minimum absolute atomic E-state index is 0.0896. The lowest BCUT2D eigenvalue weighted by molar-refractivity contribution is -0.146. The largest absolute Gasteiger partial charge is 0.495 e. The first kappa shape index (κ1) is 27.3. The van der Waals surface area contributed by atoms with Gasteiger partial charge in [0.1, 0.15) is 18.1 Å². The van der Waals surface area contributed by atoms with Crippen LogP contribution >= 0.6 is 11.6 Å². The second-order valence-corrected chi connectivity index (χ2v) is 10.4. The third-order valence-electron chi connectivity index (χ3n) is 7.68. The number of likely N-dealkylation sites (N-methyl/N-ethyl adjacent to an activating group) is 1. The molecule has 2 heterocycles. The Balaban J connectivity index is 1.37. The highest BCUT2D eigenvalue weighted by Gasteiger charge is 2.43. The fourth-order valence-corrected chi connectivity index (χ4v) is 5.75. The number of aryl methyl sites for hydroxylation is 1. The standard InChI is InChI=1S/C29H38ClN3O4/c1-3-33-18-19-37-25-10-5-4-8-22(25)9-6-7-13-29(28(33)35)14-16-32(17-15-29)21-27(34)31-23-11-12-26(36-2)24(30)20-23/h4-5,8,10-12,20H,3,6-7,9,13-19,21H2,1-2H3,(H,31,34). The smallest absolute Gasteiger partial charge is 0.238 e. The third-order valence-corrected chi connectivity index (χ3v) is 7.98. The molecule has 1 spiro atoms. The highest BCUT2D eigenvalue weighted by atomic mass is 35.5. The minimum Gasteiger partial charge on any atom is -0.495 e. The Bertz CT molecular complexity index is 1080. The predicted molar refractivity (Wildman–Crippen MR) is 146 cm³/mol. The maximum atomic E-state index is 13.8. The van der Waals surface area contributed by atoms with E-state index in [0.29, 0.717) is 36.2 Å². The molecule has 0 bridgehead atoms. The summed E-state index contributed by atoms with van der Waals surface area (Å²) in [5, 5.41) is 3.38. The molecule has 2 aromatic carbocycles. The summed E-state index contributed by atoms with van der Waals surface area (Å²) >= 11 is 6.19. The second-order valence-electron chi connectivity index (χ2n) is 10.0. The van der Waals surface area contributed by atoms with Crippen LogP contribution in [0.15, 0.2) is 42.5 Å². The van der Waals surface area contributed by atoms with E-state index in [1.165, 1.54) is 5.56 Å². The van der Waals surface area contributed by atoms with Crippen molar-refractivity contribution in [2.45, 2.75) is 45.4 Å². The molecule has 7 nitrogen and oxygen atoms in total. The number of amides is 2. The van der Waals surface area contributed by atoms with E-state index in [2.05, 4.69) is 22.3 Å². The molecule has 200 valence electrons. The van der Waals surface area contributed by atoms with E-state index >= 15 is 0 Å². The van der Waals surface area contributed by atoms with Gasteiger partial charge in [-0.25, -0.2) is 0 Å². The Morgan fingerprint density at radius 3 is 2.62 bits per heavy atom. The number of anilines is 1. The van der Waals surface area contributed by atoms with Crippen molar-refractivity contribution in [3.63, 3.8) is 0 Å². The van der Waals surface area contributed by atoms with E-state index in [4.69, 9.17) is 21.1 Å². The van der Waals surface area contributed by atoms with Crippen LogP contribution < -0.4 is 14.8 Å². The lowest BCUT2D eigenvalue weighted by atomic mass is 9.73. The van der Waals surface area contributed by atoms with Crippen LogP contribution in [0.5, 0.6) is 11.5 Å². The van der Waals surface area contributed by atoms with Gasteiger partial charge in [0.2, 0.25) is 11.8 Å². The van der Waals surface area contributed by atoms with Gasteiger partial charge in [-0.3, -0.25) is 14.5 Å². The van der Waals surface area contributed by atoms with Crippen LogP contribution in [0.4, 0.5) is 5.69 Å². The highest BCUT2D eigenvalue weighted by molar-refractivity contribution is 6.32. The SMILES string of the molecule is CCN1CCOc2ccccc2CCCCC2(CCN(CC(=O)Nc3ccc(OC)c(Cl)c3)CC2)C1=O. The molecule has 0 aliphatic carbocycles. The maximum absolute atomic E-state index is 13.8. The van der Waals surface area contributed by atoms with Crippen LogP contribution in [0.2, 0.25) is 5.02 Å². The van der Waals surface area contributed by atoms with Crippen LogP contribution in [0.25, 0.3) is 0 Å². The van der Waals surface area contributed by atoms with Crippen molar-refractivity contribution in [2.24, 2.45) is 5.41 Å². The van der Waals surface area contributed by atoms with Gasteiger partial charge in [-0.15, -0.1) is 0 Å². The number of fused-ring (bicyclic) bond motifs is 1. The Morgan fingerprint density at radius 2 is 1.89 bits per heavy atom. The number of nitrogens with zero attached hydrogens (tertiary/aromatic N) is 2. The molecule has 0 aromatic heterocycles. The van der Waals surface area contributed by atoms with Crippen LogP contribution in [0.3, 0.4) is 0 Å². The van der Waals surface area contributed by atoms with Gasteiger partial charge in [-0.05, 0) is 81.9 Å². The topological polar surface area (TPSA) is 71.1 Å². The Kier molecular flexibility index (Phi) is 9.33. The average Bonchev–Trinajstić information content (AvgIpc) is 2.90. The number of benzene rings is 2. The van der Waals surface area contributed by atoms with Gasteiger partial charge in [0.15, 0.2) is 0 Å². The summed E-state index contributed by atoms with van der Waals surface area (Å²) in [5.41, 5.74) is 1.51. The second kappa shape index (κ2) is 12.7. The monoisotopic (exact) mass is 527 g/mol. The fourth-order valence-electron chi connectivity index (χ4n) is 5.49. The number of carbonyl (C=O) groups is 2. The first-order chi connectivity index (χ1) is 17.9. The molecule has 2 amide bonds. The zero-order chi connectivity index (χ0) is 26.3. The molecule has 0 unspecified atom stereocenters. The Morgan fingerprint density at radius 1 is 1.11 bits per heavy atom. The third kappa shape index (κ3) is 6.76. The number of likely N-dealkylation sites (tertiary alicyclic amines) is 1. The van der Waals surface area contributed by atoms with E-state index in [1.54, 1.807) is 25.3 Å². The van der Waals surface area contributed by atoms with Gasteiger partial charge in [-0.1, -0.05) is 36.2 Å². The fraction of sp³-hybridized carbons (Fsp3) is 0.517. The zero-order valence-electron chi connectivity index (χ0n) is 21.9. The summed E-state index contributed by atoms with van der Waals surface area (Å²) in [4.78, 5) is 30.6. The van der Waals surface area contributed by atoms with Crippen molar-refractivity contribution >= 4 is 29.1 Å².